The van der Waals surface area contributed by atoms with Gasteiger partial charge in [-0.05, 0) is 18.4 Å². The van der Waals surface area contributed by atoms with Gasteiger partial charge in [0.1, 0.15) is 0 Å². The lowest BCUT2D eigenvalue weighted by molar-refractivity contribution is 0.434. The standard InChI is InChI=1S/C15H18N4O2/c1-5-9(4)13-17-18-14(20-13)10-6-11-12(8(2)3)19-21-15(11)16-7-10/h6-9H,5H2,1-4H3/t9-/m1/s1. The first kappa shape index (κ1) is 13.7. The zero-order valence-corrected chi connectivity index (χ0v) is 12.6. The number of nitrogens with zero attached hydrogens (tertiary/aromatic N) is 4. The van der Waals surface area contributed by atoms with E-state index in [1.807, 2.05) is 6.07 Å². The van der Waals surface area contributed by atoms with Crippen LogP contribution in [0.2, 0.25) is 0 Å². The summed E-state index contributed by atoms with van der Waals surface area (Å²) in [5, 5.41) is 13.2. The molecule has 0 bridgehead atoms. The molecule has 0 aliphatic carbocycles. The Balaban J connectivity index is 2.04. The van der Waals surface area contributed by atoms with Crippen LogP contribution in [-0.4, -0.2) is 20.3 Å². The van der Waals surface area contributed by atoms with Gasteiger partial charge < -0.3 is 8.94 Å². The van der Waals surface area contributed by atoms with Gasteiger partial charge in [-0.3, -0.25) is 0 Å². The van der Waals surface area contributed by atoms with E-state index >= 15 is 0 Å². The van der Waals surface area contributed by atoms with E-state index in [1.54, 1.807) is 6.20 Å². The SMILES string of the molecule is CC[C@@H](C)c1nnc(-c2cnc3onc(C(C)C)c3c2)o1. The molecule has 6 heteroatoms. The summed E-state index contributed by atoms with van der Waals surface area (Å²) in [6.07, 6.45) is 2.63. The highest BCUT2D eigenvalue weighted by Crippen LogP contribution is 2.28. The van der Waals surface area contributed by atoms with Crippen molar-refractivity contribution in [3.63, 3.8) is 0 Å². The van der Waals surface area contributed by atoms with Gasteiger partial charge in [-0.15, -0.1) is 10.2 Å². The molecule has 0 radical (unpaired) electrons. The third kappa shape index (κ3) is 2.41. The second kappa shape index (κ2) is 5.27. The number of pyridine rings is 1. The van der Waals surface area contributed by atoms with Crippen molar-refractivity contribution in [2.24, 2.45) is 0 Å². The van der Waals surface area contributed by atoms with Crippen molar-refractivity contribution in [2.75, 3.05) is 0 Å². The Kier molecular flexibility index (Phi) is 3.45. The Hall–Kier alpha value is -2.24. The van der Waals surface area contributed by atoms with E-state index in [2.05, 4.69) is 48.0 Å². The van der Waals surface area contributed by atoms with Crippen LogP contribution in [0, 0.1) is 0 Å². The van der Waals surface area contributed by atoms with Gasteiger partial charge in [0, 0.05) is 12.1 Å². The van der Waals surface area contributed by atoms with E-state index in [-0.39, 0.29) is 11.8 Å². The van der Waals surface area contributed by atoms with Crippen LogP contribution in [0.5, 0.6) is 0 Å². The van der Waals surface area contributed by atoms with Gasteiger partial charge in [0.2, 0.25) is 11.8 Å². The molecule has 6 nitrogen and oxygen atoms in total. The third-order valence-electron chi connectivity index (χ3n) is 3.63. The molecule has 0 saturated carbocycles. The molecule has 0 aliphatic heterocycles. The van der Waals surface area contributed by atoms with E-state index in [1.165, 1.54) is 0 Å². The third-order valence-corrected chi connectivity index (χ3v) is 3.63. The number of fused-ring (bicyclic) bond motifs is 1. The van der Waals surface area contributed by atoms with Crippen molar-refractivity contribution in [1.82, 2.24) is 20.3 Å². The van der Waals surface area contributed by atoms with E-state index in [0.717, 1.165) is 23.1 Å². The summed E-state index contributed by atoms with van der Waals surface area (Å²) in [4.78, 5) is 4.28. The van der Waals surface area contributed by atoms with Gasteiger partial charge >= 0.3 is 0 Å². The maximum atomic E-state index is 5.73. The summed E-state index contributed by atoms with van der Waals surface area (Å²) in [6.45, 7) is 8.29. The van der Waals surface area contributed by atoms with Crippen LogP contribution in [0.15, 0.2) is 21.2 Å². The molecule has 0 unspecified atom stereocenters. The molecule has 0 saturated heterocycles. The monoisotopic (exact) mass is 286 g/mol. The molecule has 0 aromatic carbocycles. The second-order valence-electron chi connectivity index (χ2n) is 5.55. The van der Waals surface area contributed by atoms with Crippen LogP contribution >= 0.6 is 0 Å². The summed E-state index contributed by atoms with van der Waals surface area (Å²) in [7, 11) is 0. The molecular formula is C15H18N4O2. The second-order valence-corrected chi connectivity index (χ2v) is 5.55. The highest BCUT2D eigenvalue weighted by atomic mass is 16.5. The molecule has 3 aromatic heterocycles. The topological polar surface area (TPSA) is 77.8 Å². The molecular weight excluding hydrogens is 268 g/mol. The first-order chi connectivity index (χ1) is 10.1. The fourth-order valence-electron chi connectivity index (χ4n) is 2.11. The maximum Gasteiger partial charge on any atom is 0.257 e. The summed E-state index contributed by atoms with van der Waals surface area (Å²) >= 11 is 0. The van der Waals surface area contributed by atoms with Gasteiger partial charge in [-0.2, -0.15) is 0 Å². The molecule has 0 fully saturated rings. The minimum Gasteiger partial charge on any atom is -0.420 e. The fraction of sp³-hybridized carbons (Fsp3) is 0.467. The van der Waals surface area contributed by atoms with Gasteiger partial charge in [-0.25, -0.2) is 4.98 Å². The predicted octanol–water partition coefficient (Wildman–Crippen LogP) is 3.91. The highest BCUT2D eigenvalue weighted by Gasteiger charge is 2.17. The quantitative estimate of drug-likeness (QED) is 0.723. The Morgan fingerprint density at radius 1 is 1.19 bits per heavy atom. The Morgan fingerprint density at radius 3 is 2.71 bits per heavy atom. The molecule has 0 spiro atoms. The average molecular weight is 286 g/mol. The van der Waals surface area contributed by atoms with E-state index in [0.29, 0.717) is 17.5 Å². The van der Waals surface area contributed by atoms with Gasteiger partial charge in [0.05, 0.1) is 16.6 Å². The van der Waals surface area contributed by atoms with Gasteiger partial charge in [0.25, 0.3) is 5.71 Å². The largest absolute Gasteiger partial charge is 0.420 e. The zero-order valence-electron chi connectivity index (χ0n) is 12.6. The lowest BCUT2D eigenvalue weighted by Crippen LogP contribution is -1.90. The van der Waals surface area contributed by atoms with Gasteiger partial charge in [0.15, 0.2) is 0 Å². The van der Waals surface area contributed by atoms with Crippen LogP contribution in [0.1, 0.15) is 57.5 Å². The molecule has 0 aliphatic rings. The summed E-state index contributed by atoms with van der Waals surface area (Å²) in [6, 6.07) is 1.95. The number of hydrogen-bond donors (Lipinski definition) is 0. The zero-order chi connectivity index (χ0) is 15.0. The number of hydrogen-bond acceptors (Lipinski definition) is 6. The van der Waals surface area contributed by atoms with Crippen molar-refractivity contribution in [2.45, 2.75) is 46.0 Å². The van der Waals surface area contributed by atoms with E-state index < -0.39 is 0 Å². The Morgan fingerprint density at radius 2 is 2.00 bits per heavy atom. The van der Waals surface area contributed by atoms with Crippen molar-refractivity contribution in [3.8, 4) is 11.5 Å². The van der Waals surface area contributed by atoms with E-state index in [9.17, 15) is 0 Å². The van der Waals surface area contributed by atoms with E-state index in [4.69, 9.17) is 8.94 Å². The normalized spacial score (nSPS) is 13.2. The summed E-state index contributed by atoms with van der Waals surface area (Å²) in [5.41, 5.74) is 2.21. The first-order valence-corrected chi connectivity index (χ1v) is 7.19. The van der Waals surface area contributed by atoms with Crippen LogP contribution in [0.25, 0.3) is 22.6 Å². The predicted molar refractivity (Wildman–Crippen MR) is 77.9 cm³/mol. The number of rotatable bonds is 4. The van der Waals surface area contributed by atoms with Crippen molar-refractivity contribution < 1.29 is 8.94 Å². The lowest BCUT2D eigenvalue weighted by atomic mass is 10.1. The summed E-state index contributed by atoms with van der Waals surface area (Å²) in [5.74, 6) is 1.66. The van der Waals surface area contributed by atoms with Crippen LogP contribution in [0.3, 0.4) is 0 Å². The minimum absolute atomic E-state index is 0.254. The Labute approximate surface area is 122 Å². The first-order valence-electron chi connectivity index (χ1n) is 7.19. The maximum absolute atomic E-state index is 5.73. The molecule has 1 atom stereocenters. The minimum atomic E-state index is 0.254. The molecule has 3 heterocycles. The van der Waals surface area contributed by atoms with Crippen molar-refractivity contribution >= 4 is 11.1 Å². The van der Waals surface area contributed by atoms with Crippen LogP contribution < -0.4 is 0 Å². The smallest absolute Gasteiger partial charge is 0.257 e. The van der Waals surface area contributed by atoms with Crippen LogP contribution in [0.4, 0.5) is 0 Å². The van der Waals surface area contributed by atoms with Crippen LogP contribution in [-0.2, 0) is 0 Å². The molecule has 3 rings (SSSR count). The Bertz CT molecular complexity index is 760. The van der Waals surface area contributed by atoms with Gasteiger partial charge in [-0.1, -0.05) is 32.9 Å². The highest BCUT2D eigenvalue weighted by molar-refractivity contribution is 5.80. The average Bonchev–Trinajstić information content (AvgIpc) is 3.12. The molecule has 21 heavy (non-hydrogen) atoms. The number of aromatic nitrogens is 4. The van der Waals surface area contributed by atoms with Crippen molar-refractivity contribution in [1.29, 1.82) is 0 Å². The fourth-order valence-corrected chi connectivity index (χ4v) is 2.11. The van der Waals surface area contributed by atoms with Crippen molar-refractivity contribution in [3.05, 3.63) is 23.8 Å². The molecule has 0 N–H and O–H groups in total. The molecule has 3 aromatic rings. The summed E-state index contributed by atoms with van der Waals surface area (Å²) < 4.78 is 11.0. The lowest BCUT2D eigenvalue weighted by Gasteiger charge is -2.00. The molecule has 110 valence electrons. The molecule has 0 amide bonds.